The molecule has 0 atom stereocenters. The van der Waals surface area contributed by atoms with Gasteiger partial charge in [-0.25, -0.2) is 0 Å². The Bertz CT molecular complexity index is 534. The molecule has 21 heavy (non-hydrogen) atoms. The zero-order chi connectivity index (χ0) is 15.1. The monoisotopic (exact) mass is 288 g/mol. The average molecular weight is 288 g/mol. The standard InChI is InChI=1S/C16H20N2O3/c1-21-14-6-4-5-13(11-14)7-8-15(19)17-12-16(20)18-9-2-3-10-18/h4-8,11H,2-3,9-10,12H2,1H3,(H,17,19). The average Bonchev–Trinajstić information content (AvgIpc) is 3.05. The summed E-state index contributed by atoms with van der Waals surface area (Å²) in [5.41, 5.74) is 0.871. The molecule has 1 aromatic carbocycles. The maximum absolute atomic E-state index is 11.8. The van der Waals surface area contributed by atoms with E-state index in [2.05, 4.69) is 5.32 Å². The lowest BCUT2D eigenvalue weighted by atomic mass is 10.2. The molecule has 0 aliphatic carbocycles. The third-order valence-corrected chi connectivity index (χ3v) is 3.39. The first kappa shape index (κ1) is 15.1. The van der Waals surface area contributed by atoms with E-state index < -0.39 is 0 Å². The van der Waals surface area contributed by atoms with E-state index in [1.165, 1.54) is 6.08 Å². The molecule has 1 saturated heterocycles. The highest BCUT2D eigenvalue weighted by molar-refractivity contribution is 5.94. The Morgan fingerprint density at radius 1 is 1.33 bits per heavy atom. The van der Waals surface area contributed by atoms with E-state index in [9.17, 15) is 9.59 Å². The molecule has 1 aliphatic heterocycles. The summed E-state index contributed by atoms with van der Waals surface area (Å²) in [6.45, 7) is 1.66. The lowest BCUT2D eigenvalue weighted by Crippen LogP contribution is -2.38. The third-order valence-electron chi connectivity index (χ3n) is 3.39. The van der Waals surface area contributed by atoms with Crippen LogP contribution in [0.3, 0.4) is 0 Å². The molecule has 0 radical (unpaired) electrons. The quantitative estimate of drug-likeness (QED) is 0.834. The van der Waals surface area contributed by atoms with E-state index in [0.29, 0.717) is 0 Å². The summed E-state index contributed by atoms with van der Waals surface area (Å²) in [5, 5.41) is 2.61. The number of hydrogen-bond donors (Lipinski definition) is 1. The first-order chi connectivity index (χ1) is 10.2. The highest BCUT2D eigenvalue weighted by atomic mass is 16.5. The van der Waals surface area contributed by atoms with Crippen LogP contribution in [-0.4, -0.2) is 43.5 Å². The van der Waals surface area contributed by atoms with Gasteiger partial charge in [-0.1, -0.05) is 12.1 Å². The van der Waals surface area contributed by atoms with Crippen molar-refractivity contribution >= 4 is 17.9 Å². The number of carbonyl (C=O) groups is 2. The van der Waals surface area contributed by atoms with Crippen molar-refractivity contribution in [2.75, 3.05) is 26.7 Å². The van der Waals surface area contributed by atoms with E-state index in [0.717, 1.165) is 37.2 Å². The van der Waals surface area contributed by atoms with Crippen molar-refractivity contribution in [2.24, 2.45) is 0 Å². The molecule has 0 aromatic heterocycles. The summed E-state index contributed by atoms with van der Waals surface area (Å²) >= 11 is 0. The Morgan fingerprint density at radius 2 is 2.10 bits per heavy atom. The predicted molar refractivity (Wildman–Crippen MR) is 80.9 cm³/mol. The maximum Gasteiger partial charge on any atom is 0.244 e. The van der Waals surface area contributed by atoms with Gasteiger partial charge in [0.25, 0.3) is 0 Å². The summed E-state index contributed by atoms with van der Waals surface area (Å²) in [6.07, 6.45) is 5.22. The molecule has 1 N–H and O–H groups in total. The molecule has 0 spiro atoms. The Labute approximate surface area is 124 Å². The van der Waals surface area contributed by atoms with E-state index in [1.807, 2.05) is 24.3 Å². The van der Waals surface area contributed by atoms with E-state index in [1.54, 1.807) is 18.1 Å². The molecule has 5 nitrogen and oxygen atoms in total. The minimum absolute atomic E-state index is 0.0179. The second kappa shape index (κ2) is 7.47. The maximum atomic E-state index is 11.8. The van der Waals surface area contributed by atoms with Crippen molar-refractivity contribution in [3.05, 3.63) is 35.9 Å². The molecular formula is C16H20N2O3. The molecule has 1 aliphatic rings. The van der Waals surface area contributed by atoms with Crippen LogP contribution in [0.5, 0.6) is 5.75 Å². The van der Waals surface area contributed by atoms with Crippen LogP contribution in [0.1, 0.15) is 18.4 Å². The Hall–Kier alpha value is -2.30. The van der Waals surface area contributed by atoms with Gasteiger partial charge >= 0.3 is 0 Å². The molecule has 1 heterocycles. The molecule has 0 unspecified atom stereocenters. The molecule has 1 aromatic rings. The van der Waals surface area contributed by atoms with Gasteiger partial charge in [0.05, 0.1) is 13.7 Å². The van der Waals surface area contributed by atoms with Gasteiger partial charge < -0.3 is 15.0 Å². The normalized spacial score (nSPS) is 14.4. The van der Waals surface area contributed by atoms with Gasteiger partial charge in [-0.2, -0.15) is 0 Å². The van der Waals surface area contributed by atoms with Crippen LogP contribution in [0.15, 0.2) is 30.3 Å². The second-order valence-electron chi connectivity index (χ2n) is 4.92. The van der Waals surface area contributed by atoms with Crippen molar-refractivity contribution in [3.63, 3.8) is 0 Å². The third kappa shape index (κ3) is 4.63. The topological polar surface area (TPSA) is 58.6 Å². The summed E-state index contributed by atoms with van der Waals surface area (Å²) in [6, 6.07) is 7.40. The second-order valence-corrected chi connectivity index (χ2v) is 4.92. The highest BCUT2D eigenvalue weighted by Gasteiger charge is 2.17. The lowest BCUT2D eigenvalue weighted by molar-refractivity contribution is -0.131. The van der Waals surface area contributed by atoms with Crippen molar-refractivity contribution in [1.82, 2.24) is 10.2 Å². The van der Waals surface area contributed by atoms with Crippen molar-refractivity contribution < 1.29 is 14.3 Å². The first-order valence-corrected chi connectivity index (χ1v) is 7.07. The Morgan fingerprint density at radius 3 is 2.81 bits per heavy atom. The fourth-order valence-electron chi connectivity index (χ4n) is 2.22. The van der Waals surface area contributed by atoms with E-state index in [4.69, 9.17) is 4.74 Å². The minimum atomic E-state index is -0.273. The van der Waals surface area contributed by atoms with Crippen LogP contribution >= 0.6 is 0 Å². The molecule has 5 heteroatoms. The summed E-state index contributed by atoms with van der Waals surface area (Å²) in [5.74, 6) is 0.447. The van der Waals surface area contributed by atoms with Crippen LogP contribution in [0.2, 0.25) is 0 Å². The van der Waals surface area contributed by atoms with Crippen LogP contribution in [0.25, 0.3) is 6.08 Å². The predicted octanol–water partition coefficient (Wildman–Crippen LogP) is 1.45. The summed E-state index contributed by atoms with van der Waals surface area (Å²) < 4.78 is 5.11. The number of nitrogens with zero attached hydrogens (tertiary/aromatic N) is 1. The number of nitrogens with one attached hydrogen (secondary N) is 1. The Kier molecular flexibility index (Phi) is 5.37. The zero-order valence-corrected chi connectivity index (χ0v) is 12.2. The number of ether oxygens (including phenoxy) is 1. The van der Waals surface area contributed by atoms with Gasteiger partial charge in [-0.05, 0) is 36.6 Å². The number of benzene rings is 1. The van der Waals surface area contributed by atoms with Crippen LogP contribution in [0, 0.1) is 0 Å². The molecule has 0 saturated carbocycles. The SMILES string of the molecule is COc1cccc(C=CC(=O)NCC(=O)N2CCCC2)c1. The van der Waals surface area contributed by atoms with Gasteiger partial charge in [0.1, 0.15) is 5.75 Å². The van der Waals surface area contributed by atoms with Gasteiger partial charge in [-0.3, -0.25) is 9.59 Å². The number of amides is 2. The summed E-state index contributed by atoms with van der Waals surface area (Å²) in [7, 11) is 1.60. The molecule has 2 rings (SSSR count). The molecule has 0 bridgehead atoms. The molecule has 2 amide bonds. The fourth-order valence-corrected chi connectivity index (χ4v) is 2.22. The van der Waals surface area contributed by atoms with Crippen LogP contribution in [-0.2, 0) is 9.59 Å². The largest absolute Gasteiger partial charge is 0.497 e. The van der Waals surface area contributed by atoms with Gasteiger partial charge in [0, 0.05) is 19.2 Å². The van der Waals surface area contributed by atoms with Crippen molar-refractivity contribution in [3.8, 4) is 5.75 Å². The highest BCUT2D eigenvalue weighted by Crippen LogP contribution is 2.13. The number of likely N-dealkylation sites (tertiary alicyclic amines) is 1. The fraction of sp³-hybridized carbons (Fsp3) is 0.375. The minimum Gasteiger partial charge on any atom is -0.497 e. The van der Waals surface area contributed by atoms with E-state index in [-0.39, 0.29) is 18.4 Å². The zero-order valence-electron chi connectivity index (χ0n) is 12.2. The van der Waals surface area contributed by atoms with Crippen molar-refractivity contribution in [2.45, 2.75) is 12.8 Å². The number of rotatable bonds is 5. The van der Waals surface area contributed by atoms with E-state index >= 15 is 0 Å². The number of hydrogen-bond acceptors (Lipinski definition) is 3. The lowest BCUT2D eigenvalue weighted by Gasteiger charge is -2.14. The van der Waals surface area contributed by atoms with Gasteiger partial charge in [0.2, 0.25) is 11.8 Å². The number of methoxy groups -OCH3 is 1. The van der Waals surface area contributed by atoms with Crippen LogP contribution in [0.4, 0.5) is 0 Å². The molecular weight excluding hydrogens is 268 g/mol. The van der Waals surface area contributed by atoms with Gasteiger partial charge in [-0.15, -0.1) is 0 Å². The molecule has 112 valence electrons. The summed E-state index contributed by atoms with van der Waals surface area (Å²) in [4.78, 5) is 25.3. The van der Waals surface area contributed by atoms with Gasteiger partial charge in [0.15, 0.2) is 0 Å². The Balaban J connectivity index is 1.80. The smallest absolute Gasteiger partial charge is 0.244 e. The molecule has 1 fully saturated rings. The number of carbonyl (C=O) groups excluding carboxylic acids is 2. The first-order valence-electron chi connectivity index (χ1n) is 7.07. The van der Waals surface area contributed by atoms with Crippen molar-refractivity contribution in [1.29, 1.82) is 0 Å². The van der Waals surface area contributed by atoms with Crippen LogP contribution < -0.4 is 10.1 Å².